The number of aromatic nitrogens is 2. The Morgan fingerprint density at radius 3 is 2.60 bits per heavy atom. The molecule has 0 spiro atoms. The highest BCUT2D eigenvalue weighted by Gasteiger charge is 2.35. The summed E-state index contributed by atoms with van der Waals surface area (Å²) in [6.07, 6.45) is 2.61. The minimum absolute atomic E-state index is 0.128. The number of anilines is 1. The molecule has 0 radical (unpaired) electrons. The van der Waals surface area contributed by atoms with Crippen LogP contribution >= 0.6 is 11.6 Å². The maximum absolute atomic E-state index is 12.5. The fraction of sp³-hybridized carbons (Fsp3) is 0.692. The summed E-state index contributed by atoms with van der Waals surface area (Å²) in [6.45, 7) is 0.598. The zero-order valence-electron chi connectivity index (χ0n) is 11.0. The van der Waals surface area contributed by atoms with Crippen molar-refractivity contribution in [3.8, 4) is 0 Å². The van der Waals surface area contributed by atoms with Gasteiger partial charge < -0.3 is 5.32 Å². The van der Waals surface area contributed by atoms with E-state index >= 15 is 0 Å². The predicted molar refractivity (Wildman–Crippen MR) is 71.7 cm³/mol. The van der Waals surface area contributed by atoms with Gasteiger partial charge in [-0.2, -0.15) is 13.2 Å². The first-order chi connectivity index (χ1) is 9.45. The van der Waals surface area contributed by atoms with E-state index in [2.05, 4.69) is 15.3 Å². The van der Waals surface area contributed by atoms with Crippen LogP contribution in [0.1, 0.15) is 44.3 Å². The molecule has 1 saturated carbocycles. The van der Waals surface area contributed by atoms with Crippen molar-refractivity contribution >= 4 is 17.4 Å². The first kappa shape index (κ1) is 15.4. The van der Waals surface area contributed by atoms with Crippen LogP contribution in [0.3, 0.4) is 0 Å². The van der Waals surface area contributed by atoms with Crippen molar-refractivity contribution in [3.05, 3.63) is 17.0 Å². The van der Waals surface area contributed by atoms with E-state index in [9.17, 15) is 13.2 Å². The Kier molecular flexibility index (Phi) is 5.07. The smallest absolute Gasteiger partial charge is 0.370 e. The zero-order valence-corrected chi connectivity index (χ0v) is 11.8. The first-order valence-corrected chi connectivity index (χ1v) is 7.18. The van der Waals surface area contributed by atoms with Gasteiger partial charge in [0.2, 0.25) is 5.82 Å². The largest absolute Gasteiger partial charge is 0.451 e. The van der Waals surface area contributed by atoms with Crippen molar-refractivity contribution in [1.29, 1.82) is 0 Å². The summed E-state index contributed by atoms with van der Waals surface area (Å²) in [5.74, 6) is -0.302. The quantitative estimate of drug-likeness (QED) is 0.641. The summed E-state index contributed by atoms with van der Waals surface area (Å²) in [7, 11) is 0. The van der Waals surface area contributed by atoms with E-state index in [1.54, 1.807) is 0 Å². The fourth-order valence-corrected chi connectivity index (χ4v) is 2.72. The number of alkyl halides is 3. The minimum atomic E-state index is -4.58. The highest BCUT2D eigenvalue weighted by molar-refractivity contribution is 6.29. The van der Waals surface area contributed by atoms with Crippen molar-refractivity contribution in [3.63, 3.8) is 0 Å². The van der Waals surface area contributed by atoms with Crippen molar-refractivity contribution in [1.82, 2.24) is 9.97 Å². The topological polar surface area (TPSA) is 37.8 Å². The summed E-state index contributed by atoms with van der Waals surface area (Å²) in [6, 6.07) is 1.31. The molecular weight excluding hydrogens is 291 g/mol. The van der Waals surface area contributed by atoms with E-state index < -0.39 is 12.0 Å². The van der Waals surface area contributed by atoms with Crippen LogP contribution < -0.4 is 5.32 Å². The van der Waals surface area contributed by atoms with Crippen LogP contribution in [0.4, 0.5) is 19.0 Å². The van der Waals surface area contributed by atoms with Gasteiger partial charge in [0.15, 0.2) is 0 Å². The number of nitrogens with one attached hydrogen (secondary N) is 1. The lowest BCUT2D eigenvalue weighted by Crippen LogP contribution is -2.14. The van der Waals surface area contributed by atoms with E-state index in [0.717, 1.165) is 18.8 Å². The summed E-state index contributed by atoms with van der Waals surface area (Å²) in [5.41, 5.74) is 0. The van der Waals surface area contributed by atoms with Gasteiger partial charge in [-0.05, 0) is 18.8 Å². The van der Waals surface area contributed by atoms with Crippen LogP contribution in [0.2, 0.25) is 5.15 Å². The Bertz CT molecular complexity index is 445. The van der Waals surface area contributed by atoms with Gasteiger partial charge in [0.1, 0.15) is 11.0 Å². The molecule has 1 aromatic heterocycles. The number of hydrogen-bond donors (Lipinski definition) is 1. The highest BCUT2D eigenvalue weighted by Crippen LogP contribution is 2.29. The number of halogens is 4. The number of nitrogens with zero attached hydrogens (tertiary/aromatic N) is 2. The first-order valence-electron chi connectivity index (χ1n) is 6.81. The Balaban J connectivity index is 1.84. The van der Waals surface area contributed by atoms with E-state index in [0.29, 0.717) is 6.54 Å². The molecular formula is C13H17ClF3N3. The zero-order chi connectivity index (χ0) is 14.6. The summed E-state index contributed by atoms with van der Waals surface area (Å²) in [4.78, 5) is 6.63. The van der Waals surface area contributed by atoms with Gasteiger partial charge in [-0.1, -0.05) is 37.3 Å². The molecule has 1 aliphatic rings. The molecule has 2 rings (SSSR count). The van der Waals surface area contributed by atoms with Gasteiger partial charge in [0, 0.05) is 12.6 Å². The summed E-state index contributed by atoms with van der Waals surface area (Å²) < 4.78 is 37.6. The fourth-order valence-electron chi connectivity index (χ4n) is 2.54. The maximum Gasteiger partial charge on any atom is 0.451 e. The lowest BCUT2D eigenvalue weighted by Gasteiger charge is -2.11. The third-order valence-electron chi connectivity index (χ3n) is 3.52. The van der Waals surface area contributed by atoms with E-state index in [-0.39, 0.29) is 11.0 Å². The molecule has 112 valence electrons. The number of rotatable bonds is 5. The van der Waals surface area contributed by atoms with Crippen LogP contribution in [0.5, 0.6) is 0 Å². The second-order valence-electron chi connectivity index (χ2n) is 5.12. The molecule has 0 aromatic carbocycles. The Hall–Kier alpha value is -1.04. The van der Waals surface area contributed by atoms with Crippen LogP contribution in [-0.4, -0.2) is 16.5 Å². The molecule has 1 fully saturated rings. The van der Waals surface area contributed by atoms with Crippen LogP contribution in [0.25, 0.3) is 0 Å². The predicted octanol–water partition coefficient (Wildman–Crippen LogP) is 4.53. The van der Waals surface area contributed by atoms with Gasteiger partial charge in [0.25, 0.3) is 0 Å². The van der Waals surface area contributed by atoms with Crippen molar-refractivity contribution in [2.24, 2.45) is 5.92 Å². The summed E-state index contributed by atoms with van der Waals surface area (Å²) in [5, 5.41) is 2.68. The van der Waals surface area contributed by atoms with Gasteiger partial charge in [-0.15, -0.1) is 0 Å². The lowest BCUT2D eigenvalue weighted by molar-refractivity contribution is -0.144. The highest BCUT2D eigenvalue weighted by atomic mass is 35.5. The molecule has 0 saturated heterocycles. The molecule has 0 aliphatic heterocycles. The number of hydrogen-bond acceptors (Lipinski definition) is 3. The molecule has 0 bridgehead atoms. The van der Waals surface area contributed by atoms with Crippen LogP contribution in [0.15, 0.2) is 6.07 Å². The standard InChI is InChI=1S/C13H17ClF3N3/c14-10-8-11(20-12(19-10)13(15,16)17)18-7-3-6-9-4-1-2-5-9/h8-9H,1-7H2,(H,18,19,20). The summed E-state index contributed by atoms with van der Waals surface area (Å²) >= 11 is 5.58. The molecule has 0 amide bonds. The van der Waals surface area contributed by atoms with Gasteiger partial charge in [0.05, 0.1) is 0 Å². The third-order valence-corrected chi connectivity index (χ3v) is 3.71. The Morgan fingerprint density at radius 2 is 1.95 bits per heavy atom. The average Bonchev–Trinajstić information content (AvgIpc) is 2.86. The third kappa shape index (κ3) is 4.51. The lowest BCUT2D eigenvalue weighted by atomic mass is 10.0. The van der Waals surface area contributed by atoms with Crippen molar-refractivity contribution < 1.29 is 13.2 Å². The molecule has 0 unspecified atom stereocenters. The van der Waals surface area contributed by atoms with E-state index in [1.165, 1.54) is 31.7 Å². The molecule has 20 heavy (non-hydrogen) atoms. The molecule has 3 nitrogen and oxygen atoms in total. The SMILES string of the molecule is FC(F)(F)c1nc(Cl)cc(NCCCC2CCCC2)n1. The van der Waals surface area contributed by atoms with Crippen molar-refractivity contribution in [2.45, 2.75) is 44.7 Å². The normalized spacial score (nSPS) is 16.6. The maximum atomic E-state index is 12.5. The van der Waals surface area contributed by atoms with Gasteiger partial charge in [-0.3, -0.25) is 0 Å². The monoisotopic (exact) mass is 307 g/mol. The average molecular weight is 308 g/mol. The van der Waals surface area contributed by atoms with Crippen LogP contribution in [0, 0.1) is 5.92 Å². The van der Waals surface area contributed by atoms with Gasteiger partial charge in [-0.25, -0.2) is 9.97 Å². The second kappa shape index (κ2) is 6.61. The van der Waals surface area contributed by atoms with E-state index in [4.69, 9.17) is 11.6 Å². The molecule has 0 atom stereocenters. The second-order valence-corrected chi connectivity index (χ2v) is 5.50. The molecule has 7 heteroatoms. The molecule has 1 heterocycles. The van der Waals surface area contributed by atoms with Gasteiger partial charge >= 0.3 is 6.18 Å². The molecule has 1 N–H and O–H groups in total. The van der Waals surface area contributed by atoms with E-state index in [1.807, 2.05) is 0 Å². The Labute approximate surface area is 120 Å². The minimum Gasteiger partial charge on any atom is -0.370 e. The molecule has 1 aromatic rings. The Morgan fingerprint density at radius 1 is 1.25 bits per heavy atom. The van der Waals surface area contributed by atoms with Crippen LogP contribution in [-0.2, 0) is 6.18 Å². The van der Waals surface area contributed by atoms with Crippen molar-refractivity contribution in [2.75, 3.05) is 11.9 Å². The molecule has 1 aliphatic carbocycles.